The van der Waals surface area contributed by atoms with Crippen LogP contribution in [0, 0.1) is 6.92 Å². The molecule has 5 nitrogen and oxygen atoms in total. The monoisotopic (exact) mass is 291 g/mol. The molecule has 1 aromatic rings. The summed E-state index contributed by atoms with van der Waals surface area (Å²) in [7, 11) is 1.68. The van der Waals surface area contributed by atoms with Crippen molar-refractivity contribution < 1.29 is 19.0 Å². The molecule has 0 bridgehead atoms. The molecule has 2 atom stereocenters. The van der Waals surface area contributed by atoms with Gasteiger partial charge in [-0.25, -0.2) is 4.79 Å². The first kappa shape index (κ1) is 14.2. The fourth-order valence-electron chi connectivity index (χ4n) is 3.25. The van der Waals surface area contributed by atoms with E-state index in [0.29, 0.717) is 26.3 Å². The van der Waals surface area contributed by atoms with Crippen LogP contribution in [0.4, 0.5) is 4.79 Å². The Morgan fingerprint density at radius 1 is 1.43 bits per heavy atom. The number of nitrogens with zero attached hydrogens (tertiary/aromatic N) is 1. The topological polar surface area (TPSA) is 48.0 Å². The number of carbonyl (C=O) groups excluding carboxylic acids is 1. The lowest BCUT2D eigenvalue weighted by atomic mass is 9.87. The van der Waals surface area contributed by atoms with E-state index in [2.05, 4.69) is 13.0 Å². The molecule has 0 unspecified atom stereocenters. The third kappa shape index (κ3) is 2.46. The highest BCUT2D eigenvalue weighted by molar-refractivity contribution is 5.68. The zero-order valence-corrected chi connectivity index (χ0v) is 12.7. The van der Waals surface area contributed by atoms with Crippen molar-refractivity contribution in [3.63, 3.8) is 0 Å². The van der Waals surface area contributed by atoms with Crippen LogP contribution in [0.1, 0.15) is 29.5 Å². The van der Waals surface area contributed by atoms with Gasteiger partial charge in [-0.3, -0.25) is 0 Å². The Kier molecular flexibility index (Phi) is 3.76. The molecule has 2 aliphatic heterocycles. The van der Waals surface area contributed by atoms with Crippen LogP contribution in [-0.2, 0) is 16.1 Å². The summed E-state index contributed by atoms with van der Waals surface area (Å²) in [5.74, 6) is 1.06. The van der Waals surface area contributed by atoms with E-state index < -0.39 is 0 Å². The van der Waals surface area contributed by atoms with Gasteiger partial charge in [-0.2, -0.15) is 0 Å². The van der Waals surface area contributed by atoms with Gasteiger partial charge in [0.05, 0.1) is 33.0 Å². The molecule has 0 aliphatic carbocycles. The van der Waals surface area contributed by atoms with Gasteiger partial charge in [-0.15, -0.1) is 0 Å². The van der Waals surface area contributed by atoms with Gasteiger partial charge in [0.1, 0.15) is 5.75 Å². The molecule has 5 heteroatoms. The third-order valence-electron chi connectivity index (χ3n) is 4.35. The Bertz CT molecular complexity index is 557. The van der Waals surface area contributed by atoms with Crippen molar-refractivity contribution >= 4 is 6.09 Å². The van der Waals surface area contributed by atoms with E-state index in [0.717, 1.165) is 5.75 Å². The number of amides is 1. The highest BCUT2D eigenvalue weighted by Crippen LogP contribution is 2.39. The lowest BCUT2D eigenvalue weighted by molar-refractivity contribution is 0.0240. The van der Waals surface area contributed by atoms with Crippen molar-refractivity contribution in [3.05, 3.63) is 28.8 Å². The molecule has 1 aromatic carbocycles. The maximum atomic E-state index is 11.9. The van der Waals surface area contributed by atoms with Crippen LogP contribution in [0.15, 0.2) is 12.1 Å². The summed E-state index contributed by atoms with van der Waals surface area (Å²) >= 11 is 0. The van der Waals surface area contributed by atoms with Gasteiger partial charge in [0.2, 0.25) is 0 Å². The van der Waals surface area contributed by atoms with E-state index in [1.165, 1.54) is 16.7 Å². The highest BCUT2D eigenvalue weighted by Gasteiger charge is 2.41. The second-order valence-corrected chi connectivity index (χ2v) is 5.57. The molecule has 1 fully saturated rings. The first-order valence-electron chi connectivity index (χ1n) is 7.34. The predicted molar refractivity (Wildman–Crippen MR) is 77.6 cm³/mol. The molecule has 3 rings (SSSR count). The normalized spacial score (nSPS) is 23.5. The largest absolute Gasteiger partial charge is 0.497 e. The lowest BCUT2D eigenvalue weighted by Gasteiger charge is -2.29. The Balaban J connectivity index is 1.89. The summed E-state index contributed by atoms with van der Waals surface area (Å²) in [5, 5.41) is 0. The summed E-state index contributed by atoms with van der Waals surface area (Å²) in [6.45, 7) is 6.13. The summed E-state index contributed by atoms with van der Waals surface area (Å²) in [6, 6.07) is 4.11. The third-order valence-corrected chi connectivity index (χ3v) is 4.35. The molecule has 0 spiro atoms. The minimum Gasteiger partial charge on any atom is -0.497 e. The van der Waals surface area contributed by atoms with E-state index in [1.54, 1.807) is 12.0 Å². The van der Waals surface area contributed by atoms with Crippen LogP contribution < -0.4 is 4.74 Å². The molecule has 0 aromatic heterocycles. The second kappa shape index (κ2) is 5.56. The molecule has 0 N–H and O–H groups in total. The van der Waals surface area contributed by atoms with Gasteiger partial charge in [-0.1, -0.05) is 0 Å². The average Bonchev–Trinajstić information content (AvgIpc) is 2.91. The molecule has 0 radical (unpaired) electrons. The fourth-order valence-corrected chi connectivity index (χ4v) is 3.25. The number of aryl methyl sites for hydroxylation is 1. The van der Waals surface area contributed by atoms with Crippen LogP contribution in [0.25, 0.3) is 0 Å². The van der Waals surface area contributed by atoms with Gasteiger partial charge in [0.25, 0.3) is 0 Å². The number of ether oxygens (including phenoxy) is 3. The number of hydrogen-bond donors (Lipinski definition) is 0. The summed E-state index contributed by atoms with van der Waals surface area (Å²) in [4.78, 5) is 13.7. The highest BCUT2D eigenvalue weighted by atomic mass is 16.6. The predicted octanol–water partition coefficient (Wildman–Crippen LogP) is 2.46. The smallest absolute Gasteiger partial charge is 0.409 e. The van der Waals surface area contributed by atoms with Gasteiger partial charge >= 0.3 is 6.09 Å². The van der Waals surface area contributed by atoms with Crippen LogP contribution in [0.3, 0.4) is 0 Å². The molecular formula is C16H21NO4. The second-order valence-electron chi connectivity index (χ2n) is 5.57. The van der Waals surface area contributed by atoms with Crippen molar-refractivity contribution in [2.24, 2.45) is 0 Å². The van der Waals surface area contributed by atoms with Gasteiger partial charge < -0.3 is 19.1 Å². The summed E-state index contributed by atoms with van der Waals surface area (Å²) in [6.07, 6.45) is -0.204. The molecule has 1 amide bonds. The number of fused-ring (bicyclic) bond motifs is 3. The quantitative estimate of drug-likeness (QED) is 0.840. The minimum atomic E-state index is -0.253. The van der Waals surface area contributed by atoms with Crippen molar-refractivity contribution in [1.82, 2.24) is 4.90 Å². The van der Waals surface area contributed by atoms with Crippen LogP contribution in [-0.4, -0.2) is 43.9 Å². The number of likely N-dealkylation sites (tertiary alicyclic amines) is 1. The Morgan fingerprint density at radius 3 is 2.95 bits per heavy atom. The van der Waals surface area contributed by atoms with Gasteiger partial charge in [0, 0.05) is 12.5 Å². The number of methoxy groups -OCH3 is 1. The lowest BCUT2D eigenvalue weighted by Crippen LogP contribution is -2.30. The van der Waals surface area contributed by atoms with E-state index in [-0.39, 0.29) is 18.1 Å². The van der Waals surface area contributed by atoms with E-state index in [1.807, 2.05) is 13.0 Å². The average molecular weight is 291 g/mol. The molecule has 2 aliphatic rings. The summed E-state index contributed by atoms with van der Waals surface area (Å²) < 4.78 is 16.4. The van der Waals surface area contributed by atoms with Gasteiger partial charge in [-0.05, 0) is 42.7 Å². The molecule has 2 heterocycles. The number of rotatable bonds is 2. The maximum absolute atomic E-state index is 11.9. The minimum absolute atomic E-state index is 0.0495. The fraction of sp³-hybridized carbons (Fsp3) is 0.562. The molecule has 114 valence electrons. The van der Waals surface area contributed by atoms with Crippen molar-refractivity contribution in [3.8, 4) is 5.75 Å². The standard InChI is InChI=1S/C16H21NO4/c1-4-20-16(18)17-7-13-12-6-11(19-3)5-10(2)14(12)9-21-15(13)8-17/h5-6,13,15H,4,7-9H2,1-3H3/t13-,15-/m0/s1. The zero-order chi connectivity index (χ0) is 15.0. The van der Waals surface area contributed by atoms with Crippen LogP contribution in [0.2, 0.25) is 0 Å². The number of carbonyl (C=O) groups is 1. The van der Waals surface area contributed by atoms with E-state index in [4.69, 9.17) is 14.2 Å². The first-order chi connectivity index (χ1) is 10.1. The zero-order valence-electron chi connectivity index (χ0n) is 12.7. The first-order valence-corrected chi connectivity index (χ1v) is 7.34. The van der Waals surface area contributed by atoms with E-state index >= 15 is 0 Å². The Morgan fingerprint density at radius 2 is 2.24 bits per heavy atom. The Labute approximate surface area is 124 Å². The SMILES string of the molecule is CCOC(=O)N1C[C@@H]2OCc3c(C)cc(OC)cc3[C@@H]2C1. The molecular weight excluding hydrogens is 270 g/mol. The molecule has 21 heavy (non-hydrogen) atoms. The molecule has 1 saturated heterocycles. The van der Waals surface area contributed by atoms with Crippen molar-refractivity contribution in [1.29, 1.82) is 0 Å². The maximum Gasteiger partial charge on any atom is 0.409 e. The number of hydrogen-bond acceptors (Lipinski definition) is 4. The summed E-state index contributed by atoms with van der Waals surface area (Å²) in [5.41, 5.74) is 3.65. The Hall–Kier alpha value is -1.75. The molecule has 0 saturated carbocycles. The van der Waals surface area contributed by atoms with Crippen molar-refractivity contribution in [2.45, 2.75) is 32.5 Å². The van der Waals surface area contributed by atoms with Gasteiger partial charge in [0.15, 0.2) is 0 Å². The van der Waals surface area contributed by atoms with E-state index in [9.17, 15) is 4.79 Å². The van der Waals surface area contributed by atoms with Crippen LogP contribution in [0.5, 0.6) is 5.75 Å². The number of benzene rings is 1. The van der Waals surface area contributed by atoms with Crippen LogP contribution >= 0.6 is 0 Å². The van der Waals surface area contributed by atoms with Crippen molar-refractivity contribution in [2.75, 3.05) is 26.8 Å².